The van der Waals surface area contributed by atoms with Crippen LogP contribution < -0.4 is 10.1 Å². The van der Waals surface area contributed by atoms with Crippen LogP contribution in [0.2, 0.25) is 0 Å². The number of ether oxygens (including phenoxy) is 1. The third kappa shape index (κ3) is 4.68. The van der Waals surface area contributed by atoms with Gasteiger partial charge in [-0.05, 0) is 31.4 Å². The Morgan fingerprint density at radius 1 is 1.22 bits per heavy atom. The number of aliphatic carboxylic acids is 1. The Morgan fingerprint density at radius 2 is 1.91 bits per heavy atom. The number of carbonyl (C=O) groups is 2. The van der Waals surface area contributed by atoms with Crippen LogP contribution in [0.1, 0.15) is 44.9 Å². The fourth-order valence-corrected chi connectivity index (χ4v) is 2.85. The van der Waals surface area contributed by atoms with Crippen molar-refractivity contribution in [1.82, 2.24) is 5.32 Å². The van der Waals surface area contributed by atoms with E-state index >= 15 is 0 Å². The second-order valence-corrected chi connectivity index (χ2v) is 5.88. The van der Waals surface area contributed by atoms with Gasteiger partial charge in [-0.15, -0.1) is 0 Å². The number of carboxylic acid groups (broad SMARTS) is 1. The van der Waals surface area contributed by atoms with E-state index in [1.165, 1.54) is 12.1 Å². The standard InChI is InChI=1S/C17H22FNO4/c18-13-7-2-3-8-14(13)23-12-6-9-15(20)19-17(16(21)22)10-4-1-5-11-17/h2-3,7-8H,1,4-6,9-12H2,(H,19,20)(H,21,22). The summed E-state index contributed by atoms with van der Waals surface area (Å²) < 4.78 is 18.6. The molecule has 6 heteroatoms. The quantitative estimate of drug-likeness (QED) is 0.757. The third-order valence-electron chi connectivity index (χ3n) is 4.14. The van der Waals surface area contributed by atoms with Gasteiger partial charge < -0.3 is 15.2 Å². The van der Waals surface area contributed by atoms with E-state index in [1.807, 2.05) is 0 Å². The minimum Gasteiger partial charge on any atom is -0.491 e. The largest absolute Gasteiger partial charge is 0.491 e. The molecule has 23 heavy (non-hydrogen) atoms. The summed E-state index contributed by atoms with van der Waals surface area (Å²) in [6.07, 6.45) is 4.12. The van der Waals surface area contributed by atoms with E-state index in [1.54, 1.807) is 12.1 Å². The van der Waals surface area contributed by atoms with Gasteiger partial charge in [0.15, 0.2) is 11.6 Å². The number of halogens is 1. The molecule has 0 heterocycles. The highest BCUT2D eigenvalue weighted by Gasteiger charge is 2.40. The first kappa shape index (κ1) is 17.2. The molecular weight excluding hydrogens is 301 g/mol. The van der Waals surface area contributed by atoms with Gasteiger partial charge in [0, 0.05) is 6.42 Å². The van der Waals surface area contributed by atoms with Gasteiger partial charge in [-0.3, -0.25) is 4.79 Å². The third-order valence-corrected chi connectivity index (χ3v) is 4.14. The molecule has 0 bridgehead atoms. The Balaban J connectivity index is 1.76. The molecule has 0 unspecified atom stereocenters. The summed E-state index contributed by atoms with van der Waals surface area (Å²) in [5, 5.41) is 12.1. The van der Waals surface area contributed by atoms with E-state index in [4.69, 9.17) is 4.74 Å². The lowest BCUT2D eigenvalue weighted by Crippen LogP contribution is -2.55. The monoisotopic (exact) mass is 323 g/mol. The molecule has 0 atom stereocenters. The van der Waals surface area contributed by atoms with Gasteiger partial charge >= 0.3 is 5.97 Å². The van der Waals surface area contributed by atoms with Crippen molar-refractivity contribution < 1.29 is 23.8 Å². The molecule has 1 aromatic carbocycles. The number of amides is 1. The first-order chi connectivity index (χ1) is 11.0. The summed E-state index contributed by atoms with van der Waals surface area (Å²) in [6.45, 7) is 0.203. The lowest BCUT2D eigenvalue weighted by Gasteiger charge is -2.34. The molecule has 0 aromatic heterocycles. The van der Waals surface area contributed by atoms with Gasteiger partial charge in [0.05, 0.1) is 6.61 Å². The molecule has 1 amide bonds. The van der Waals surface area contributed by atoms with Gasteiger partial charge in [-0.1, -0.05) is 31.4 Å². The SMILES string of the molecule is O=C(CCCOc1ccccc1F)NC1(C(=O)O)CCCCC1. The summed E-state index contributed by atoms with van der Waals surface area (Å²) in [5.41, 5.74) is -1.12. The first-order valence-corrected chi connectivity index (χ1v) is 7.95. The zero-order valence-corrected chi connectivity index (χ0v) is 13.0. The normalized spacial score (nSPS) is 16.6. The first-order valence-electron chi connectivity index (χ1n) is 7.95. The predicted molar refractivity (Wildman–Crippen MR) is 82.7 cm³/mol. The summed E-state index contributed by atoms with van der Waals surface area (Å²) in [6, 6.07) is 6.08. The van der Waals surface area contributed by atoms with E-state index in [2.05, 4.69) is 5.32 Å². The predicted octanol–water partition coefficient (Wildman–Crippen LogP) is 2.89. The lowest BCUT2D eigenvalue weighted by molar-refractivity contribution is -0.149. The van der Waals surface area contributed by atoms with Crippen molar-refractivity contribution in [3.63, 3.8) is 0 Å². The van der Waals surface area contributed by atoms with Crippen LogP contribution in [-0.4, -0.2) is 29.1 Å². The van der Waals surface area contributed by atoms with Gasteiger partial charge in [0.2, 0.25) is 5.91 Å². The Kier molecular flexibility index (Phi) is 5.96. The number of para-hydroxylation sites is 1. The lowest BCUT2D eigenvalue weighted by atomic mass is 9.81. The second kappa shape index (κ2) is 7.94. The van der Waals surface area contributed by atoms with E-state index in [-0.39, 0.29) is 24.7 Å². The zero-order chi connectivity index (χ0) is 16.7. The molecule has 1 saturated carbocycles. The molecule has 2 rings (SSSR count). The van der Waals surface area contributed by atoms with Crippen LogP contribution in [0.25, 0.3) is 0 Å². The average Bonchev–Trinajstić information content (AvgIpc) is 2.54. The number of carboxylic acids is 1. The number of hydrogen-bond donors (Lipinski definition) is 2. The van der Waals surface area contributed by atoms with Crippen molar-refractivity contribution in [2.24, 2.45) is 0 Å². The van der Waals surface area contributed by atoms with Crippen LogP contribution in [0.3, 0.4) is 0 Å². The summed E-state index contributed by atoms with van der Waals surface area (Å²) in [4.78, 5) is 23.5. The number of nitrogens with one attached hydrogen (secondary N) is 1. The molecule has 5 nitrogen and oxygen atoms in total. The maximum absolute atomic E-state index is 13.4. The summed E-state index contributed by atoms with van der Waals surface area (Å²) >= 11 is 0. The summed E-state index contributed by atoms with van der Waals surface area (Å²) in [7, 11) is 0. The van der Waals surface area contributed by atoms with Gasteiger partial charge in [-0.25, -0.2) is 9.18 Å². The van der Waals surface area contributed by atoms with Crippen LogP contribution in [-0.2, 0) is 9.59 Å². The average molecular weight is 323 g/mol. The molecule has 0 radical (unpaired) electrons. The maximum Gasteiger partial charge on any atom is 0.329 e. The Hall–Kier alpha value is -2.11. The summed E-state index contributed by atoms with van der Waals surface area (Å²) in [5.74, 6) is -1.55. The van der Waals surface area contributed by atoms with Crippen molar-refractivity contribution in [3.05, 3.63) is 30.1 Å². The molecule has 1 fully saturated rings. The minimum absolute atomic E-state index is 0.155. The minimum atomic E-state index is -1.12. The van der Waals surface area contributed by atoms with E-state index < -0.39 is 17.3 Å². The van der Waals surface area contributed by atoms with Gasteiger partial charge in [-0.2, -0.15) is 0 Å². The van der Waals surface area contributed by atoms with Crippen molar-refractivity contribution in [3.8, 4) is 5.75 Å². The molecule has 0 spiro atoms. The molecular formula is C17H22FNO4. The number of carbonyl (C=O) groups excluding carboxylic acids is 1. The van der Waals surface area contributed by atoms with Crippen molar-refractivity contribution in [2.45, 2.75) is 50.5 Å². The van der Waals surface area contributed by atoms with Crippen LogP contribution in [0.5, 0.6) is 5.75 Å². The van der Waals surface area contributed by atoms with E-state index in [9.17, 15) is 19.1 Å². The molecule has 126 valence electrons. The molecule has 1 aliphatic carbocycles. The second-order valence-electron chi connectivity index (χ2n) is 5.88. The van der Waals surface area contributed by atoms with Crippen molar-refractivity contribution >= 4 is 11.9 Å². The van der Waals surface area contributed by atoms with Crippen LogP contribution in [0.4, 0.5) is 4.39 Å². The maximum atomic E-state index is 13.4. The fraction of sp³-hybridized carbons (Fsp3) is 0.529. The topological polar surface area (TPSA) is 75.6 Å². The highest BCUT2D eigenvalue weighted by Crippen LogP contribution is 2.28. The number of benzene rings is 1. The number of hydrogen-bond acceptors (Lipinski definition) is 3. The van der Waals surface area contributed by atoms with Crippen LogP contribution >= 0.6 is 0 Å². The number of rotatable bonds is 7. The van der Waals surface area contributed by atoms with Gasteiger partial charge in [0.1, 0.15) is 5.54 Å². The molecule has 0 saturated heterocycles. The Morgan fingerprint density at radius 3 is 2.57 bits per heavy atom. The molecule has 1 aromatic rings. The fourth-order valence-electron chi connectivity index (χ4n) is 2.85. The van der Waals surface area contributed by atoms with Crippen molar-refractivity contribution in [2.75, 3.05) is 6.61 Å². The van der Waals surface area contributed by atoms with Crippen LogP contribution in [0.15, 0.2) is 24.3 Å². The van der Waals surface area contributed by atoms with E-state index in [0.717, 1.165) is 19.3 Å². The zero-order valence-electron chi connectivity index (χ0n) is 13.0. The highest BCUT2D eigenvalue weighted by atomic mass is 19.1. The molecule has 2 N–H and O–H groups in total. The smallest absolute Gasteiger partial charge is 0.329 e. The Bertz CT molecular complexity index is 555. The van der Waals surface area contributed by atoms with E-state index in [0.29, 0.717) is 19.3 Å². The molecule has 1 aliphatic rings. The Labute approximate surface area is 134 Å². The molecule has 0 aliphatic heterocycles. The van der Waals surface area contributed by atoms with Crippen LogP contribution in [0, 0.1) is 5.82 Å². The van der Waals surface area contributed by atoms with Crippen molar-refractivity contribution in [1.29, 1.82) is 0 Å². The highest BCUT2D eigenvalue weighted by molar-refractivity contribution is 5.87. The van der Waals surface area contributed by atoms with Gasteiger partial charge in [0.25, 0.3) is 0 Å².